The van der Waals surface area contributed by atoms with Crippen LogP contribution in [-0.4, -0.2) is 57.9 Å². The van der Waals surface area contributed by atoms with Crippen LogP contribution in [0.5, 0.6) is 0 Å². The largest absolute Gasteiger partial charge is 0.339 e. The predicted octanol–water partition coefficient (Wildman–Crippen LogP) is 4.64. The smallest absolute Gasteiger partial charge is 0.259 e. The molecular formula is C28H27FN4O3. The molecule has 0 bridgehead atoms. The Hall–Kier alpha value is -4.07. The Bertz CT molecular complexity index is 1380. The van der Waals surface area contributed by atoms with Gasteiger partial charge in [0.05, 0.1) is 22.3 Å². The molecule has 8 heteroatoms. The molecule has 2 amide bonds. The van der Waals surface area contributed by atoms with E-state index in [2.05, 4.69) is 22.3 Å². The van der Waals surface area contributed by atoms with Crippen molar-refractivity contribution in [3.8, 4) is 11.3 Å². The number of benzene rings is 2. The second-order valence-corrected chi connectivity index (χ2v) is 9.02. The quantitative estimate of drug-likeness (QED) is 0.397. The number of hydrogen-bond donors (Lipinski definition) is 0. The Morgan fingerprint density at radius 1 is 0.972 bits per heavy atom. The van der Waals surface area contributed by atoms with Crippen LogP contribution in [0.2, 0.25) is 0 Å². The molecule has 1 aliphatic heterocycles. The number of aryl methyl sites for hydroxylation is 2. The van der Waals surface area contributed by atoms with Gasteiger partial charge in [0.15, 0.2) is 0 Å². The second kappa shape index (κ2) is 10.3. The number of rotatable bonds is 6. The van der Waals surface area contributed by atoms with Crippen LogP contribution in [0.25, 0.3) is 22.4 Å². The lowest BCUT2D eigenvalue weighted by Gasteiger charge is -2.35. The van der Waals surface area contributed by atoms with Gasteiger partial charge >= 0.3 is 0 Å². The van der Waals surface area contributed by atoms with Crippen LogP contribution < -0.4 is 0 Å². The molecule has 4 aromatic rings. The van der Waals surface area contributed by atoms with E-state index in [9.17, 15) is 14.0 Å². The summed E-state index contributed by atoms with van der Waals surface area (Å²) in [4.78, 5) is 34.4. The van der Waals surface area contributed by atoms with E-state index >= 15 is 0 Å². The van der Waals surface area contributed by atoms with Crippen LogP contribution in [0.1, 0.15) is 34.5 Å². The van der Waals surface area contributed by atoms with Gasteiger partial charge in [0.25, 0.3) is 11.6 Å². The molecule has 7 nitrogen and oxygen atoms in total. The van der Waals surface area contributed by atoms with Crippen LogP contribution >= 0.6 is 0 Å². The fourth-order valence-corrected chi connectivity index (χ4v) is 4.61. The standard InChI is InChI=1S/C28H27FN4O3/c1-19-26-23(18-24(30-27(26)36-31-19)21-10-12-22(29)13-11-21)28(35)33-16-14-32(15-17-33)25(34)9-5-8-20-6-3-2-4-7-20/h2-4,6-7,10-13,18H,5,8-9,14-17H2,1H3. The van der Waals surface area contributed by atoms with Crippen molar-refractivity contribution in [1.29, 1.82) is 0 Å². The summed E-state index contributed by atoms with van der Waals surface area (Å²) in [6.45, 7) is 3.66. The SMILES string of the molecule is Cc1noc2nc(-c3ccc(F)cc3)cc(C(=O)N3CCN(C(=O)CCCc4ccccc4)CC3)c12. The molecule has 5 rings (SSSR count). The second-order valence-electron chi connectivity index (χ2n) is 9.02. The van der Waals surface area contributed by atoms with Gasteiger partial charge in [-0.2, -0.15) is 0 Å². The molecule has 36 heavy (non-hydrogen) atoms. The number of carbonyl (C=O) groups excluding carboxylic acids is 2. The third kappa shape index (κ3) is 4.98. The summed E-state index contributed by atoms with van der Waals surface area (Å²) in [5.41, 5.74) is 3.71. The minimum Gasteiger partial charge on any atom is -0.339 e. The number of piperazine rings is 1. The zero-order chi connectivity index (χ0) is 25.1. The van der Waals surface area contributed by atoms with Gasteiger partial charge in [0.1, 0.15) is 5.82 Å². The summed E-state index contributed by atoms with van der Waals surface area (Å²) < 4.78 is 18.8. The topological polar surface area (TPSA) is 79.5 Å². The lowest BCUT2D eigenvalue weighted by atomic mass is 10.0. The van der Waals surface area contributed by atoms with Crippen molar-refractivity contribution >= 4 is 22.9 Å². The molecule has 184 valence electrons. The highest BCUT2D eigenvalue weighted by Crippen LogP contribution is 2.28. The van der Waals surface area contributed by atoms with Crippen LogP contribution in [-0.2, 0) is 11.2 Å². The highest BCUT2D eigenvalue weighted by Gasteiger charge is 2.28. The summed E-state index contributed by atoms with van der Waals surface area (Å²) in [6, 6.07) is 17.8. The predicted molar refractivity (Wildman–Crippen MR) is 134 cm³/mol. The van der Waals surface area contributed by atoms with E-state index in [1.807, 2.05) is 23.1 Å². The minimum atomic E-state index is -0.348. The average molecular weight is 487 g/mol. The molecule has 0 radical (unpaired) electrons. The normalized spacial score (nSPS) is 13.8. The fraction of sp³-hybridized carbons (Fsp3) is 0.286. The van der Waals surface area contributed by atoms with Crippen LogP contribution in [0.15, 0.2) is 65.2 Å². The summed E-state index contributed by atoms with van der Waals surface area (Å²) in [6.07, 6.45) is 2.17. The molecule has 3 heterocycles. The first kappa shape index (κ1) is 23.7. The minimum absolute atomic E-state index is 0.123. The van der Waals surface area contributed by atoms with Gasteiger partial charge in [-0.25, -0.2) is 9.37 Å². The highest BCUT2D eigenvalue weighted by atomic mass is 19.1. The summed E-state index contributed by atoms with van der Waals surface area (Å²) in [5.74, 6) is -0.384. The Kier molecular flexibility index (Phi) is 6.75. The highest BCUT2D eigenvalue weighted by molar-refractivity contribution is 6.07. The van der Waals surface area contributed by atoms with E-state index in [0.29, 0.717) is 60.5 Å². The Balaban J connectivity index is 1.26. The molecule has 0 N–H and O–H groups in total. The van der Waals surface area contributed by atoms with E-state index in [1.165, 1.54) is 17.7 Å². The first-order valence-corrected chi connectivity index (χ1v) is 12.1. The number of pyridine rings is 1. The molecule has 0 spiro atoms. The number of hydrogen-bond acceptors (Lipinski definition) is 5. The van der Waals surface area contributed by atoms with Gasteiger partial charge in [0.2, 0.25) is 5.91 Å². The van der Waals surface area contributed by atoms with Crippen LogP contribution in [0, 0.1) is 12.7 Å². The molecule has 0 unspecified atom stereocenters. The van der Waals surface area contributed by atoms with E-state index in [0.717, 1.165) is 12.8 Å². The zero-order valence-electron chi connectivity index (χ0n) is 20.1. The van der Waals surface area contributed by atoms with Crippen LogP contribution in [0.4, 0.5) is 4.39 Å². The number of halogens is 1. The third-order valence-electron chi connectivity index (χ3n) is 6.61. The van der Waals surface area contributed by atoms with E-state index in [1.54, 1.807) is 30.0 Å². The lowest BCUT2D eigenvalue weighted by molar-refractivity contribution is -0.132. The summed E-state index contributed by atoms with van der Waals surface area (Å²) in [5, 5.41) is 4.57. The monoisotopic (exact) mass is 486 g/mol. The van der Waals surface area contributed by atoms with Crippen molar-refractivity contribution in [2.45, 2.75) is 26.2 Å². The first-order valence-electron chi connectivity index (χ1n) is 12.1. The summed E-state index contributed by atoms with van der Waals surface area (Å²) in [7, 11) is 0. The van der Waals surface area contributed by atoms with Crippen LogP contribution in [0.3, 0.4) is 0 Å². The fourth-order valence-electron chi connectivity index (χ4n) is 4.61. The summed E-state index contributed by atoms with van der Waals surface area (Å²) >= 11 is 0. The van der Waals surface area contributed by atoms with E-state index < -0.39 is 0 Å². The number of fused-ring (bicyclic) bond motifs is 1. The van der Waals surface area contributed by atoms with E-state index in [-0.39, 0.29) is 23.3 Å². The van der Waals surface area contributed by atoms with E-state index in [4.69, 9.17) is 4.52 Å². The molecule has 1 aliphatic rings. The number of amides is 2. The lowest BCUT2D eigenvalue weighted by Crippen LogP contribution is -2.50. The molecule has 1 fully saturated rings. The van der Waals surface area contributed by atoms with Crippen molar-refractivity contribution in [2.24, 2.45) is 0 Å². The molecule has 2 aromatic heterocycles. The van der Waals surface area contributed by atoms with Crippen molar-refractivity contribution in [2.75, 3.05) is 26.2 Å². The Morgan fingerprint density at radius 2 is 1.67 bits per heavy atom. The van der Waals surface area contributed by atoms with Crippen molar-refractivity contribution in [3.05, 3.63) is 83.3 Å². The third-order valence-corrected chi connectivity index (χ3v) is 6.61. The molecule has 2 aromatic carbocycles. The molecule has 0 saturated carbocycles. The van der Waals surface area contributed by atoms with Gasteiger partial charge in [0, 0.05) is 38.2 Å². The molecule has 0 atom stereocenters. The number of carbonyl (C=O) groups is 2. The van der Waals surface area contributed by atoms with Gasteiger partial charge in [-0.3, -0.25) is 9.59 Å². The van der Waals surface area contributed by atoms with Crippen molar-refractivity contribution < 1.29 is 18.5 Å². The molecule has 1 saturated heterocycles. The van der Waals surface area contributed by atoms with Gasteiger partial charge in [-0.05, 0) is 55.7 Å². The molecular weight excluding hydrogens is 459 g/mol. The maximum absolute atomic E-state index is 13.6. The zero-order valence-corrected chi connectivity index (χ0v) is 20.1. The van der Waals surface area contributed by atoms with Gasteiger partial charge < -0.3 is 14.3 Å². The first-order chi connectivity index (χ1) is 17.5. The average Bonchev–Trinajstić information content (AvgIpc) is 3.29. The maximum Gasteiger partial charge on any atom is 0.259 e. The maximum atomic E-state index is 13.6. The van der Waals surface area contributed by atoms with Crippen molar-refractivity contribution in [1.82, 2.24) is 19.9 Å². The Morgan fingerprint density at radius 3 is 2.39 bits per heavy atom. The molecule has 0 aliphatic carbocycles. The number of nitrogens with zero attached hydrogens (tertiary/aromatic N) is 4. The van der Waals surface area contributed by atoms with Crippen molar-refractivity contribution in [3.63, 3.8) is 0 Å². The van der Waals surface area contributed by atoms with Gasteiger partial charge in [-0.15, -0.1) is 0 Å². The van der Waals surface area contributed by atoms with Gasteiger partial charge in [-0.1, -0.05) is 35.5 Å². The Labute approximate surface area is 208 Å². The number of aromatic nitrogens is 2.